The smallest absolute Gasteiger partial charge is 0.407 e. The molecule has 0 saturated heterocycles. The van der Waals surface area contributed by atoms with E-state index in [9.17, 15) is 29.6 Å². The third-order valence-electron chi connectivity index (χ3n) is 5.88. The summed E-state index contributed by atoms with van der Waals surface area (Å²) in [4.78, 5) is 46.7. The summed E-state index contributed by atoms with van der Waals surface area (Å²) in [5, 5.41) is 22.7. The average molecular weight is 490 g/mol. The van der Waals surface area contributed by atoms with E-state index in [1.165, 1.54) is 18.2 Å². The number of nitrogens with zero attached hydrogens (tertiary/aromatic N) is 1. The van der Waals surface area contributed by atoms with E-state index < -0.39 is 42.0 Å². The van der Waals surface area contributed by atoms with Crippen LogP contribution < -0.4 is 5.32 Å². The Balaban J connectivity index is 1.34. The van der Waals surface area contributed by atoms with Gasteiger partial charge in [-0.15, -0.1) is 0 Å². The number of amides is 1. The van der Waals surface area contributed by atoms with E-state index >= 15 is 0 Å². The van der Waals surface area contributed by atoms with Crippen molar-refractivity contribution in [3.05, 3.63) is 99.6 Å². The van der Waals surface area contributed by atoms with Gasteiger partial charge in [-0.1, -0.05) is 60.7 Å². The molecule has 3 aromatic carbocycles. The lowest BCUT2D eigenvalue weighted by atomic mass is 9.98. The molecule has 1 aliphatic carbocycles. The van der Waals surface area contributed by atoms with Crippen LogP contribution in [0.1, 0.15) is 29.0 Å². The maximum Gasteiger partial charge on any atom is 0.407 e. The second-order valence-corrected chi connectivity index (χ2v) is 8.11. The van der Waals surface area contributed by atoms with Crippen LogP contribution in [0.25, 0.3) is 11.1 Å². The Morgan fingerprint density at radius 2 is 1.50 bits per heavy atom. The molecule has 10 nitrogen and oxygen atoms in total. The lowest BCUT2D eigenvalue weighted by molar-refractivity contribution is -0.385. The highest BCUT2D eigenvalue weighted by molar-refractivity contribution is 5.85. The first-order valence-electron chi connectivity index (χ1n) is 11.1. The lowest BCUT2D eigenvalue weighted by Gasteiger charge is -2.17. The monoisotopic (exact) mass is 490 g/mol. The predicted molar refractivity (Wildman–Crippen MR) is 127 cm³/mol. The van der Waals surface area contributed by atoms with Gasteiger partial charge in [0.1, 0.15) is 19.3 Å². The number of ether oxygens (including phenoxy) is 2. The van der Waals surface area contributed by atoms with E-state index in [0.29, 0.717) is 0 Å². The van der Waals surface area contributed by atoms with Gasteiger partial charge in [0.25, 0.3) is 5.69 Å². The van der Waals surface area contributed by atoms with Gasteiger partial charge in [0.2, 0.25) is 0 Å². The van der Waals surface area contributed by atoms with Gasteiger partial charge in [-0.2, -0.15) is 0 Å². The molecule has 0 fully saturated rings. The van der Waals surface area contributed by atoms with Gasteiger partial charge in [0.15, 0.2) is 0 Å². The van der Waals surface area contributed by atoms with Gasteiger partial charge in [0, 0.05) is 12.0 Å². The Morgan fingerprint density at radius 1 is 0.917 bits per heavy atom. The van der Waals surface area contributed by atoms with E-state index in [-0.39, 0.29) is 23.8 Å². The van der Waals surface area contributed by atoms with Crippen molar-refractivity contribution >= 4 is 23.7 Å². The van der Waals surface area contributed by atoms with Gasteiger partial charge in [-0.3, -0.25) is 14.9 Å². The largest absolute Gasteiger partial charge is 0.480 e. The number of benzene rings is 3. The molecule has 1 aliphatic rings. The standard InChI is InChI=1S/C26H22N2O8/c29-24(35-14-16-7-1-6-12-23(16)28(33)34)13-22(25(30)31)27-26(32)36-15-21-19-10-4-2-8-17(19)18-9-3-5-11-20(18)21/h1-12,21-22H,13-15H2,(H,27,32)(H,30,31)/t22-/m0/s1. The van der Waals surface area contributed by atoms with Crippen LogP contribution in [0.2, 0.25) is 0 Å². The summed E-state index contributed by atoms with van der Waals surface area (Å²) in [6.45, 7) is -0.429. The molecule has 2 N–H and O–H groups in total. The Hall–Kier alpha value is -4.73. The molecule has 36 heavy (non-hydrogen) atoms. The van der Waals surface area contributed by atoms with Crippen LogP contribution in [-0.4, -0.2) is 40.7 Å². The Labute approximate surface area is 205 Å². The van der Waals surface area contributed by atoms with E-state index in [2.05, 4.69) is 5.32 Å². The van der Waals surface area contributed by atoms with Crippen molar-refractivity contribution < 1.29 is 33.9 Å². The highest BCUT2D eigenvalue weighted by atomic mass is 16.6. The minimum Gasteiger partial charge on any atom is -0.480 e. The minimum atomic E-state index is -1.60. The number of carbonyl (C=O) groups excluding carboxylic acids is 2. The van der Waals surface area contributed by atoms with Crippen molar-refractivity contribution in [3.8, 4) is 11.1 Å². The molecular weight excluding hydrogens is 468 g/mol. The molecule has 0 aliphatic heterocycles. The Morgan fingerprint density at radius 3 is 2.11 bits per heavy atom. The molecule has 10 heteroatoms. The number of esters is 1. The lowest BCUT2D eigenvalue weighted by Crippen LogP contribution is -2.43. The number of hydrogen-bond donors (Lipinski definition) is 2. The van der Waals surface area contributed by atoms with Crippen molar-refractivity contribution in [1.82, 2.24) is 5.32 Å². The van der Waals surface area contributed by atoms with Crippen molar-refractivity contribution in [2.75, 3.05) is 6.61 Å². The number of alkyl carbamates (subject to hydrolysis) is 1. The second-order valence-electron chi connectivity index (χ2n) is 8.11. The Bertz CT molecular complexity index is 1280. The maximum atomic E-state index is 12.4. The number of nitro benzene ring substituents is 1. The van der Waals surface area contributed by atoms with E-state index in [4.69, 9.17) is 9.47 Å². The third kappa shape index (κ3) is 5.33. The van der Waals surface area contributed by atoms with Crippen LogP contribution in [0.4, 0.5) is 10.5 Å². The number of aliphatic carboxylic acids is 1. The average Bonchev–Trinajstić information content (AvgIpc) is 3.19. The summed E-state index contributed by atoms with van der Waals surface area (Å²) in [5.41, 5.74) is 4.03. The molecule has 0 spiro atoms. The first-order valence-corrected chi connectivity index (χ1v) is 11.1. The normalized spacial score (nSPS) is 12.7. The number of hydrogen-bond acceptors (Lipinski definition) is 7. The van der Waals surface area contributed by atoms with Gasteiger partial charge < -0.3 is 19.9 Å². The molecule has 1 atom stereocenters. The molecule has 3 aromatic rings. The zero-order chi connectivity index (χ0) is 25.7. The van der Waals surface area contributed by atoms with E-state index in [1.807, 2.05) is 48.5 Å². The number of fused-ring (bicyclic) bond motifs is 3. The van der Waals surface area contributed by atoms with Crippen LogP contribution >= 0.6 is 0 Å². The molecule has 1 amide bonds. The van der Waals surface area contributed by atoms with Crippen molar-refractivity contribution in [2.45, 2.75) is 25.0 Å². The number of nitrogens with one attached hydrogen (secondary N) is 1. The Kier molecular flexibility index (Phi) is 7.24. The molecule has 184 valence electrons. The summed E-state index contributed by atoms with van der Waals surface area (Å²) >= 11 is 0. The van der Waals surface area contributed by atoms with Crippen LogP contribution in [0.3, 0.4) is 0 Å². The summed E-state index contributed by atoms with van der Waals surface area (Å²) in [7, 11) is 0. The molecule has 0 saturated carbocycles. The molecule has 0 radical (unpaired) electrons. The fourth-order valence-corrected chi connectivity index (χ4v) is 4.18. The second kappa shape index (κ2) is 10.7. The van der Waals surface area contributed by atoms with Crippen molar-refractivity contribution in [2.24, 2.45) is 0 Å². The fraction of sp³-hybridized carbons (Fsp3) is 0.192. The zero-order valence-corrected chi connectivity index (χ0v) is 19.0. The van der Waals surface area contributed by atoms with Crippen LogP contribution in [0.15, 0.2) is 72.8 Å². The molecule has 0 unspecified atom stereocenters. The van der Waals surface area contributed by atoms with Gasteiger partial charge in [-0.25, -0.2) is 9.59 Å². The number of para-hydroxylation sites is 1. The SMILES string of the molecule is O=C(C[C@H](NC(=O)OCC1c2ccccc2-c2ccccc21)C(=O)O)OCc1ccccc1[N+](=O)[O-]. The molecule has 0 aromatic heterocycles. The minimum absolute atomic E-state index is 0.0195. The van der Waals surface area contributed by atoms with Crippen LogP contribution in [-0.2, 0) is 25.7 Å². The van der Waals surface area contributed by atoms with Crippen molar-refractivity contribution in [1.29, 1.82) is 0 Å². The van der Waals surface area contributed by atoms with Crippen molar-refractivity contribution in [3.63, 3.8) is 0 Å². The quantitative estimate of drug-likeness (QED) is 0.260. The number of carboxylic acids is 1. The number of carbonyl (C=O) groups is 3. The van der Waals surface area contributed by atoms with Gasteiger partial charge in [0.05, 0.1) is 16.9 Å². The maximum absolute atomic E-state index is 12.4. The summed E-state index contributed by atoms with van der Waals surface area (Å²) in [6, 6.07) is 19.7. The topological polar surface area (TPSA) is 145 Å². The predicted octanol–water partition coefficient (Wildman–Crippen LogP) is 4.02. The highest BCUT2D eigenvalue weighted by Gasteiger charge is 2.30. The summed E-state index contributed by atoms with van der Waals surface area (Å²) in [6.07, 6.45) is -1.67. The van der Waals surface area contributed by atoms with Gasteiger partial charge >= 0.3 is 18.0 Å². The summed E-state index contributed by atoms with van der Waals surface area (Å²) < 4.78 is 10.3. The van der Waals surface area contributed by atoms with Crippen LogP contribution in [0, 0.1) is 10.1 Å². The van der Waals surface area contributed by atoms with E-state index in [1.54, 1.807) is 6.07 Å². The number of nitro groups is 1. The molecular formula is C26H22N2O8. The first-order chi connectivity index (χ1) is 17.3. The first kappa shape index (κ1) is 24.4. The van der Waals surface area contributed by atoms with Crippen LogP contribution in [0.5, 0.6) is 0 Å². The summed E-state index contributed by atoms with van der Waals surface area (Å²) in [5.74, 6) is -2.61. The third-order valence-corrected chi connectivity index (χ3v) is 5.88. The molecule has 0 heterocycles. The number of rotatable bonds is 9. The molecule has 4 rings (SSSR count). The van der Waals surface area contributed by atoms with Gasteiger partial charge in [-0.05, 0) is 28.3 Å². The number of carboxylic acid groups (broad SMARTS) is 1. The fourth-order valence-electron chi connectivity index (χ4n) is 4.18. The highest BCUT2D eigenvalue weighted by Crippen LogP contribution is 2.44. The van der Waals surface area contributed by atoms with E-state index in [0.717, 1.165) is 22.3 Å². The zero-order valence-electron chi connectivity index (χ0n) is 19.0. The molecule has 0 bridgehead atoms.